The Kier molecular flexibility index (Phi) is 6.68. The maximum atomic E-state index is 14.6. The highest BCUT2D eigenvalue weighted by atomic mass is 19.1. The average Bonchev–Trinajstić information content (AvgIpc) is 2.76. The van der Waals surface area contributed by atoms with Gasteiger partial charge in [-0.3, -0.25) is 14.5 Å². The molecule has 1 aromatic carbocycles. The second-order valence-electron chi connectivity index (χ2n) is 7.26. The number of nitrogens with two attached hydrogens (primary N) is 1. The monoisotopic (exact) mass is 438 g/mol. The van der Waals surface area contributed by atoms with Gasteiger partial charge in [0.25, 0.3) is 5.91 Å². The fraction of sp³-hybridized carbons (Fsp3) is 0.318. The van der Waals surface area contributed by atoms with Gasteiger partial charge in [0.2, 0.25) is 11.8 Å². The quantitative estimate of drug-likeness (QED) is 0.689. The Morgan fingerprint density at radius 1 is 1.34 bits per heavy atom. The smallest absolute Gasteiger partial charge is 0.275 e. The van der Waals surface area contributed by atoms with E-state index in [2.05, 4.69) is 32.1 Å². The van der Waals surface area contributed by atoms with Crippen LogP contribution < -0.4 is 15.8 Å². The van der Waals surface area contributed by atoms with Crippen molar-refractivity contribution in [1.29, 1.82) is 0 Å². The summed E-state index contributed by atoms with van der Waals surface area (Å²) in [6, 6.07) is 4.03. The summed E-state index contributed by atoms with van der Waals surface area (Å²) in [6.07, 6.45) is 3.26. The van der Waals surface area contributed by atoms with Crippen molar-refractivity contribution >= 4 is 23.5 Å². The highest BCUT2D eigenvalue weighted by molar-refractivity contribution is 6.03. The van der Waals surface area contributed by atoms with Crippen molar-refractivity contribution in [3.63, 3.8) is 0 Å². The van der Waals surface area contributed by atoms with Gasteiger partial charge in [0.05, 0.1) is 24.4 Å². The van der Waals surface area contributed by atoms with Gasteiger partial charge in [0.1, 0.15) is 11.5 Å². The van der Waals surface area contributed by atoms with E-state index in [4.69, 9.17) is 10.5 Å². The number of guanidine groups is 1. The third kappa shape index (κ3) is 5.00. The van der Waals surface area contributed by atoms with E-state index in [1.54, 1.807) is 6.92 Å². The fourth-order valence-corrected chi connectivity index (χ4v) is 3.07. The molecule has 3 rings (SSSR count). The molecule has 0 saturated heterocycles. The van der Waals surface area contributed by atoms with Gasteiger partial charge in [0, 0.05) is 24.7 Å². The Morgan fingerprint density at radius 2 is 2.12 bits per heavy atom. The first-order valence-corrected chi connectivity index (χ1v) is 9.87. The summed E-state index contributed by atoms with van der Waals surface area (Å²) in [6.45, 7) is 3.72. The fourth-order valence-electron chi connectivity index (χ4n) is 3.07. The van der Waals surface area contributed by atoms with E-state index in [9.17, 15) is 14.0 Å². The lowest BCUT2D eigenvalue weighted by Crippen LogP contribution is -2.47. The van der Waals surface area contributed by atoms with Crippen molar-refractivity contribution in [2.75, 3.05) is 19.0 Å². The molecule has 10 heteroatoms. The van der Waals surface area contributed by atoms with Gasteiger partial charge < -0.3 is 15.8 Å². The number of halogens is 1. The van der Waals surface area contributed by atoms with Crippen LogP contribution in [0.25, 0.3) is 0 Å². The van der Waals surface area contributed by atoms with E-state index in [1.807, 2.05) is 6.92 Å². The van der Waals surface area contributed by atoms with Crippen molar-refractivity contribution in [2.45, 2.75) is 32.2 Å². The average molecular weight is 438 g/mol. The Balaban J connectivity index is 1.76. The number of hydrogen-bond donors (Lipinski definition) is 2. The Labute approximate surface area is 184 Å². The third-order valence-electron chi connectivity index (χ3n) is 4.83. The molecule has 0 fully saturated rings. The molecule has 166 valence electrons. The minimum absolute atomic E-state index is 0.00385. The normalized spacial score (nSPS) is 17.8. The first-order valence-electron chi connectivity index (χ1n) is 9.87. The van der Waals surface area contributed by atoms with Gasteiger partial charge in [-0.25, -0.2) is 19.4 Å². The summed E-state index contributed by atoms with van der Waals surface area (Å²) in [5.41, 5.74) is 5.12. The van der Waals surface area contributed by atoms with Crippen LogP contribution in [0, 0.1) is 17.7 Å². The lowest BCUT2D eigenvalue weighted by Gasteiger charge is -2.34. The van der Waals surface area contributed by atoms with Crippen LogP contribution in [0.5, 0.6) is 5.88 Å². The van der Waals surface area contributed by atoms with Gasteiger partial charge in [-0.1, -0.05) is 12.8 Å². The Hall–Kier alpha value is -4.00. The Bertz CT molecular complexity index is 1120. The molecular formula is C22H23FN6O3. The predicted molar refractivity (Wildman–Crippen MR) is 116 cm³/mol. The molecule has 2 heterocycles. The maximum Gasteiger partial charge on any atom is 0.275 e. The first kappa shape index (κ1) is 22.7. The zero-order chi connectivity index (χ0) is 23.3. The molecule has 0 bridgehead atoms. The van der Waals surface area contributed by atoms with Crippen molar-refractivity contribution in [1.82, 2.24) is 14.9 Å². The SMILES string of the molecule is CCC#CCOc1cnc(C(=O)Nc2ccc(F)c(C3(C)CC(=O)N(C)C(N)=N3)c2)cn1. The molecule has 1 aromatic heterocycles. The molecule has 1 aliphatic rings. The molecule has 9 nitrogen and oxygen atoms in total. The molecular weight excluding hydrogens is 415 g/mol. The van der Waals surface area contributed by atoms with E-state index in [1.165, 1.54) is 42.5 Å². The summed E-state index contributed by atoms with van der Waals surface area (Å²) in [5.74, 6) is 4.53. The van der Waals surface area contributed by atoms with Crippen molar-refractivity contribution in [3.8, 4) is 17.7 Å². The molecule has 2 aromatic rings. The van der Waals surface area contributed by atoms with Gasteiger partial charge in [0.15, 0.2) is 12.6 Å². The van der Waals surface area contributed by atoms with Crippen molar-refractivity contribution < 1.29 is 18.7 Å². The second-order valence-corrected chi connectivity index (χ2v) is 7.26. The van der Waals surface area contributed by atoms with E-state index in [0.29, 0.717) is 5.69 Å². The number of hydrogen-bond acceptors (Lipinski definition) is 7. The van der Waals surface area contributed by atoms with Crippen LogP contribution in [-0.2, 0) is 10.3 Å². The zero-order valence-electron chi connectivity index (χ0n) is 18.0. The van der Waals surface area contributed by atoms with Crippen LogP contribution in [0.4, 0.5) is 10.1 Å². The molecule has 0 saturated carbocycles. The second kappa shape index (κ2) is 9.43. The minimum Gasteiger partial charge on any atom is -0.463 e. The van der Waals surface area contributed by atoms with Crippen molar-refractivity contribution in [2.24, 2.45) is 10.7 Å². The van der Waals surface area contributed by atoms with Crippen LogP contribution in [0.2, 0.25) is 0 Å². The molecule has 32 heavy (non-hydrogen) atoms. The van der Waals surface area contributed by atoms with Gasteiger partial charge in [-0.15, -0.1) is 5.92 Å². The van der Waals surface area contributed by atoms with Crippen LogP contribution in [0.15, 0.2) is 35.6 Å². The summed E-state index contributed by atoms with van der Waals surface area (Å²) < 4.78 is 19.9. The number of anilines is 1. The number of amides is 2. The number of nitrogens with one attached hydrogen (secondary N) is 1. The molecule has 0 radical (unpaired) electrons. The van der Waals surface area contributed by atoms with Crippen LogP contribution in [0.1, 0.15) is 42.7 Å². The lowest BCUT2D eigenvalue weighted by atomic mass is 9.87. The summed E-state index contributed by atoms with van der Waals surface area (Å²) >= 11 is 0. The maximum absolute atomic E-state index is 14.6. The van der Waals surface area contributed by atoms with Crippen molar-refractivity contribution in [3.05, 3.63) is 47.7 Å². The number of rotatable bonds is 5. The molecule has 1 aliphatic heterocycles. The number of ether oxygens (including phenoxy) is 1. The molecule has 0 aliphatic carbocycles. The Morgan fingerprint density at radius 3 is 2.78 bits per heavy atom. The number of carbonyl (C=O) groups excluding carboxylic acids is 2. The number of aromatic nitrogens is 2. The first-order chi connectivity index (χ1) is 15.2. The summed E-state index contributed by atoms with van der Waals surface area (Å²) in [7, 11) is 1.50. The van der Waals surface area contributed by atoms with Crippen LogP contribution >= 0.6 is 0 Å². The minimum atomic E-state index is -1.20. The highest BCUT2D eigenvalue weighted by Gasteiger charge is 2.38. The molecule has 2 amide bonds. The van der Waals surface area contributed by atoms with E-state index in [0.717, 1.165) is 6.42 Å². The highest BCUT2D eigenvalue weighted by Crippen LogP contribution is 2.35. The number of benzene rings is 1. The largest absolute Gasteiger partial charge is 0.463 e. The summed E-state index contributed by atoms with van der Waals surface area (Å²) in [4.78, 5) is 38.3. The van der Waals surface area contributed by atoms with Crippen LogP contribution in [-0.4, -0.2) is 46.3 Å². The topological polar surface area (TPSA) is 123 Å². The zero-order valence-corrected chi connectivity index (χ0v) is 18.0. The van der Waals surface area contributed by atoms with Gasteiger partial charge >= 0.3 is 0 Å². The molecule has 3 N–H and O–H groups in total. The lowest BCUT2D eigenvalue weighted by molar-refractivity contribution is -0.128. The third-order valence-corrected chi connectivity index (χ3v) is 4.83. The van der Waals surface area contributed by atoms with Crippen LogP contribution in [0.3, 0.4) is 0 Å². The van der Waals surface area contributed by atoms with E-state index in [-0.39, 0.29) is 42.0 Å². The number of carbonyl (C=O) groups is 2. The van der Waals surface area contributed by atoms with E-state index >= 15 is 0 Å². The molecule has 1 atom stereocenters. The predicted octanol–water partition coefficient (Wildman–Crippen LogP) is 2.05. The standard InChI is InChI=1S/C22H23FN6O3/c1-4-5-6-9-32-18-13-25-17(12-26-18)20(31)27-14-7-8-16(23)15(10-14)22(2)11-19(30)29(3)21(24)28-22/h7-8,10,12-13H,4,9,11H2,1-3H3,(H2,24,28)(H,27,31). The van der Waals surface area contributed by atoms with Gasteiger partial charge in [-0.2, -0.15) is 0 Å². The number of aliphatic imine (C=N–C) groups is 1. The van der Waals surface area contributed by atoms with E-state index < -0.39 is 17.3 Å². The number of nitrogens with zero attached hydrogens (tertiary/aromatic N) is 4. The molecule has 1 unspecified atom stereocenters. The van der Waals surface area contributed by atoms with Gasteiger partial charge in [-0.05, 0) is 25.1 Å². The molecule has 0 spiro atoms. The summed E-state index contributed by atoms with van der Waals surface area (Å²) in [5, 5.41) is 2.65.